The van der Waals surface area contributed by atoms with Crippen LogP contribution in [-0.4, -0.2) is 28.0 Å². The molecule has 2 aliphatic rings. The van der Waals surface area contributed by atoms with E-state index >= 15 is 0 Å². The van der Waals surface area contributed by atoms with Crippen LogP contribution >= 0.6 is 0 Å². The largest absolute Gasteiger partial charge is 0.355 e. The van der Waals surface area contributed by atoms with Crippen molar-refractivity contribution in [2.75, 3.05) is 0 Å². The zero-order valence-corrected chi connectivity index (χ0v) is 43.0. The van der Waals surface area contributed by atoms with E-state index in [1.807, 2.05) is 0 Å². The summed E-state index contributed by atoms with van der Waals surface area (Å²) in [4.78, 5) is 19.1. The predicted octanol–water partition coefficient (Wildman–Crippen LogP) is 16.5. The fraction of sp³-hybridized carbons (Fsp3) is 0.424. The monoisotopic (exact) mass is 867 g/mol. The van der Waals surface area contributed by atoms with Gasteiger partial charge in [-0.15, -0.1) is 5.54 Å². The summed E-state index contributed by atoms with van der Waals surface area (Å²) in [5, 5.41) is 0. The first kappa shape index (κ1) is 46.8. The van der Waals surface area contributed by atoms with Gasteiger partial charge < -0.3 is 9.97 Å². The summed E-state index contributed by atoms with van der Waals surface area (Å²) in [5.41, 5.74) is 23.4. The predicted molar refractivity (Wildman–Crippen MR) is 283 cm³/mol. The van der Waals surface area contributed by atoms with Gasteiger partial charge in [0.1, 0.15) is 8.07 Å². The molecule has 0 spiro atoms. The number of aromatic amines is 2. The Kier molecular flexibility index (Phi) is 12.7. The number of hydrogen-bond donors (Lipinski definition) is 2. The molecule has 2 aromatic carbocycles. The highest BCUT2D eigenvalue weighted by Crippen LogP contribution is 2.40. The van der Waals surface area contributed by atoms with E-state index in [-0.39, 0.29) is 21.7 Å². The first-order chi connectivity index (χ1) is 29.8. The Morgan fingerprint density at radius 3 is 1.22 bits per heavy atom. The summed E-state index contributed by atoms with van der Waals surface area (Å²) in [6.07, 6.45) is 14.4. The lowest BCUT2D eigenvalue weighted by atomic mass is 9.78. The van der Waals surface area contributed by atoms with Crippen molar-refractivity contribution in [1.29, 1.82) is 0 Å². The Morgan fingerprint density at radius 2 is 0.859 bits per heavy atom. The Bertz CT molecular complexity index is 2640. The van der Waals surface area contributed by atoms with Crippen LogP contribution in [0.15, 0.2) is 60.7 Å². The molecule has 5 aromatic rings. The summed E-state index contributed by atoms with van der Waals surface area (Å²) in [5.74, 6) is 3.68. The molecule has 2 aliphatic heterocycles. The van der Waals surface area contributed by atoms with Crippen LogP contribution in [0.4, 0.5) is 0 Å². The van der Waals surface area contributed by atoms with E-state index in [4.69, 9.17) is 9.97 Å². The van der Waals surface area contributed by atoms with E-state index < -0.39 is 8.07 Å². The van der Waals surface area contributed by atoms with E-state index in [0.29, 0.717) is 0 Å². The van der Waals surface area contributed by atoms with E-state index in [2.05, 4.69) is 216 Å². The molecule has 2 N–H and O–H groups in total. The third kappa shape index (κ3) is 10.3. The Hall–Kier alpha value is -5.18. The normalized spacial score (nSPS) is 13.4. The maximum absolute atomic E-state index is 5.54. The maximum atomic E-state index is 5.54. The Labute approximate surface area is 386 Å². The van der Waals surface area contributed by atoms with Crippen LogP contribution < -0.4 is 0 Å². The molecule has 8 bridgehead atoms. The third-order valence-corrected chi connectivity index (χ3v) is 13.5. The zero-order chi connectivity index (χ0) is 46.6. The minimum atomic E-state index is -1.79. The molecule has 0 radical (unpaired) electrons. The van der Waals surface area contributed by atoms with Gasteiger partial charge in [0.2, 0.25) is 0 Å². The van der Waals surface area contributed by atoms with Gasteiger partial charge in [0.05, 0.1) is 28.3 Å². The lowest BCUT2D eigenvalue weighted by Crippen LogP contribution is -2.16. The number of aryl methyl sites for hydroxylation is 1. The van der Waals surface area contributed by atoms with Gasteiger partial charge in [-0.2, -0.15) is 0 Å². The standard InChI is InChI=1S/C59H74N4Si/c1-17-18-19-20-21-44-46-22-26-50(60-46)54(38-32-40(56(2,3)4)36-41(33-38)57(5,6)7)52-28-24-48(62-52)45(30-31-64(14,15)16)49-25-29-53(63-49)55(51-27-23-47(44)61-51)39-34-42(58(8,9)10)37-43(35-39)59(11,12)13/h22-29,32-37,60-61H,17-21H2,1-16H3. The van der Waals surface area contributed by atoms with Gasteiger partial charge in [-0.3, -0.25) is 0 Å². The first-order valence-corrected chi connectivity index (χ1v) is 27.3. The van der Waals surface area contributed by atoms with Crippen molar-refractivity contribution in [2.24, 2.45) is 0 Å². The summed E-state index contributed by atoms with van der Waals surface area (Å²) in [6.45, 7) is 36.9. The zero-order valence-electron chi connectivity index (χ0n) is 42.0. The third-order valence-electron chi connectivity index (χ3n) is 12.6. The summed E-state index contributed by atoms with van der Waals surface area (Å²) in [7, 11) is -1.79. The average molecular weight is 867 g/mol. The maximum Gasteiger partial charge on any atom is 0.129 e. The quantitative estimate of drug-likeness (QED) is 0.0953. The van der Waals surface area contributed by atoms with Crippen molar-refractivity contribution in [3.63, 3.8) is 0 Å². The molecule has 64 heavy (non-hydrogen) atoms. The van der Waals surface area contributed by atoms with Crippen molar-refractivity contribution >= 4 is 54.4 Å². The number of benzene rings is 2. The van der Waals surface area contributed by atoms with Gasteiger partial charge in [0.15, 0.2) is 0 Å². The minimum absolute atomic E-state index is 0.0437. The lowest BCUT2D eigenvalue weighted by Gasteiger charge is -2.26. The number of hydrogen-bond acceptors (Lipinski definition) is 2. The molecule has 0 saturated carbocycles. The molecule has 5 heterocycles. The van der Waals surface area contributed by atoms with Crippen LogP contribution in [0.2, 0.25) is 19.6 Å². The smallest absolute Gasteiger partial charge is 0.129 e. The van der Waals surface area contributed by atoms with Crippen molar-refractivity contribution in [1.82, 2.24) is 19.9 Å². The van der Waals surface area contributed by atoms with E-state index in [0.717, 1.165) is 85.5 Å². The van der Waals surface area contributed by atoms with Crippen LogP contribution in [0.5, 0.6) is 0 Å². The van der Waals surface area contributed by atoms with Crippen molar-refractivity contribution in [3.05, 3.63) is 117 Å². The molecule has 0 unspecified atom stereocenters. The lowest BCUT2D eigenvalue weighted by molar-refractivity contribution is 0.568. The summed E-state index contributed by atoms with van der Waals surface area (Å²) >= 11 is 0. The van der Waals surface area contributed by atoms with Gasteiger partial charge in [-0.1, -0.05) is 171 Å². The number of fused-ring (bicyclic) bond motifs is 8. The molecule has 5 heteroatoms. The van der Waals surface area contributed by atoms with Gasteiger partial charge in [-0.25, -0.2) is 9.97 Å². The topological polar surface area (TPSA) is 57.4 Å². The van der Waals surface area contributed by atoms with Crippen LogP contribution in [0.3, 0.4) is 0 Å². The second-order valence-corrected chi connectivity index (χ2v) is 28.3. The fourth-order valence-electron chi connectivity index (χ4n) is 8.53. The molecular formula is C59H74N4Si. The number of nitrogens with zero attached hydrogens (tertiary/aromatic N) is 2. The molecule has 3 aromatic heterocycles. The molecule has 0 amide bonds. The average Bonchev–Trinajstić information content (AvgIpc) is 4.03. The highest BCUT2D eigenvalue weighted by atomic mass is 28.3. The number of H-pyrrole nitrogens is 2. The molecule has 4 nitrogen and oxygen atoms in total. The molecular weight excluding hydrogens is 793 g/mol. The van der Waals surface area contributed by atoms with Crippen molar-refractivity contribution in [3.8, 4) is 33.7 Å². The molecule has 0 saturated heterocycles. The first-order valence-electron chi connectivity index (χ1n) is 23.8. The Balaban J connectivity index is 1.68. The molecule has 0 aliphatic carbocycles. The van der Waals surface area contributed by atoms with E-state index in [1.54, 1.807) is 0 Å². The minimum Gasteiger partial charge on any atom is -0.355 e. The summed E-state index contributed by atoms with van der Waals surface area (Å²) in [6, 6.07) is 23.5. The second kappa shape index (κ2) is 17.3. The van der Waals surface area contributed by atoms with Gasteiger partial charge in [0.25, 0.3) is 0 Å². The van der Waals surface area contributed by atoms with Gasteiger partial charge in [0, 0.05) is 33.2 Å². The number of unbranched alkanes of at least 4 members (excludes halogenated alkanes) is 3. The fourth-order valence-corrected chi connectivity index (χ4v) is 9.03. The van der Waals surface area contributed by atoms with E-state index in [1.165, 1.54) is 47.1 Å². The molecule has 0 atom stereocenters. The molecule has 334 valence electrons. The number of aromatic nitrogens is 4. The van der Waals surface area contributed by atoms with E-state index in [9.17, 15) is 0 Å². The summed E-state index contributed by atoms with van der Waals surface area (Å²) < 4.78 is 0. The Morgan fingerprint density at radius 1 is 0.484 bits per heavy atom. The van der Waals surface area contributed by atoms with Crippen LogP contribution in [0.1, 0.15) is 172 Å². The van der Waals surface area contributed by atoms with Crippen molar-refractivity contribution in [2.45, 2.75) is 163 Å². The molecule has 7 rings (SSSR count). The molecule has 0 fully saturated rings. The highest BCUT2D eigenvalue weighted by Gasteiger charge is 2.26. The second-order valence-electron chi connectivity index (χ2n) is 23.5. The van der Waals surface area contributed by atoms with Crippen LogP contribution in [0, 0.1) is 11.5 Å². The van der Waals surface area contributed by atoms with Gasteiger partial charge >= 0.3 is 0 Å². The van der Waals surface area contributed by atoms with Gasteiger partial charge in [-0.05, 0) is 122 Å². The SMILES string of the molecule is CCCCCCc1c2ccc([nH]2)c(-c2cc(C(C)(C)C)cc(C(C)(C)C)c2)c2nc(c(C#C[Si](C)(C)C)c3nc(c(-c4cc(C(C)(C)C)cc(C(C)(C)C)c4)c4ccc1[nH]4)C=C3)C=C2. The van der Waals surface area contributed by atoms with Crippen LogP contribution in [-0.2, 0) is 28.1 Å². The highest BCUT2D eigenvalue weighted by molar-refractivity contribution is 6.83. The number of nitrogens with one attached hydrogen (secondary N) is 2. The van der Waals surface area contributed by atoms with Crippen molar-refractivity contribution < 1.29 is 0 Å². The number of rotatable bonds is 7. The van der Waals surface area contributed by atoms with Crippen LogP contribution in [0.25, 0.3) is 68.6 Å².